The van der Waals surface area contributed by atoms with Gasteiger partial charge < -0.3 is 15.0 Å². The van der Waals surface area contributed by atoms with Gasteiger partial charge in [0.05, 0.1) is 31.5 Å². The van der Waals surface area contributed by atoms with Crippen LogP contribution in [0.5, 0.6) is 0 Å². The van der Waals surface area contributed by atoms with Crippen molar-refractivity contribution >= 4 is 17.3 Å². The van der Waals surface area contributed by atoms with Gasteiger partial charge in [0.1, 0.15) is 5.69 Å². The number of morpholine rings is 1. The number of aromatic nitrogens is 2. The third-order valence-electron chi connectivity index (χ3n) is 4.33. The summed E-state index contributed by atoms with van der Waals surface area (Å²) in [7, 11) is 1.60. The van der Waals surface area contributed by atoms with E-state index in [9.17, 15) is 9.59 Å². The lowest BCUT2D eigenvalue weighted by Crippen LogP contribution is -2.41. The number of hydrogen-bond acceptors (Lipinski definition) is 5. The molecule has 1 aromatic carbocycles. The van der Waals surface area contributed by atoms with Gasteiger partial charge in [-0.25, -0.2) is 4.68 Å². The lowest BCUT2D eigenvalue weighted by atomic mass is 10.1. The standard InChI is InChI=1S/C18H22N4O3/c1-13-5-3-4-6-14(13)11-16(23)20-15-12-19-21(2)18(24)17(15)22-7-9-25-10-8-22/h3-6,12H,7-11H2,1-2H3,(H,20,23). The molecule has 2 aromatic rings. The number of nitrogens with one attached hydrogen (secondary N) is 1. The van der Waals surface area contributed by atoms with Crippen LogP contribution in [-0.4, -0.2) is 42.0 Å². The van der Waals surface area contributed by atoms with Crippen LogP contribution in [0.3, 0.4) is 0 Å². The molecule has 7 heteroatoms. The predicted molar refractivity (Wildman–Crippen MR) is 96.0 cm³/mol. The number of amides is 1. The van der Waals surface area contributed by atoms with Crippen LogP contribution >= 0.6 is 0 Å². The Morgan fingerprint density at radius 2 is 2.00 bits per heavy atom. The smallest absolute Gasteiger partial charge is 0.292 e. The van der Waals surface area contributed by atoms with E-state index in [0.29, 0.717) is 37.7 Å². The van der Waals surface area contributed by atoms with Crippen LogP contribution in [0.1, 0.15) is 11.1 Å². The van der Waals surface area contributed by atoms with Crippen LogP contribution < -0.4 is 15.8 Å². The molecule has 1 aliphatic rings. The Hall–Kier alpha value is -2.67. The highest BCUT2D eigenvalue weighted by Crippen LogP contribution is 2.22. The van der Waals surface area contributed by atoms with Gasteiger partial charge in [0.15, 0.2) is 0 Å². The summed E-state index contributed by atoms with van der Waals surface area (Å²) in [6.07, 6.45) is 1.78. The fraction of sp³-hybridized carbons (Fsp3) is 0.389. The van der Waals surface area contributed by atoms with Gasteiger partial charge in [-0.3, -0.25) is 9.59 Å². The highest BCUT2D eigenvalue weighted by Gasteiger charge is 2.21. The van der Waals surface area contributed by atoms with E-state index in [1.807, 2.05) is 36.1 Å². The van der Waals surface area contributed by atoms with Gasteiger partial charge in [0.25, 0.3) is 5.56 Å². The molecule has 1 aromatic heterocycles. The summed E-state index contributed by atoms with van der Waals surface area (Å²) in [5.74, 6) is -0.168. The maximum absolute atomic E-state index is 12.5. The van der Waals surface area contributed by atoms with Crippen molar-refractivity contribution < 1.29 is 9.53 Å². The fourth-order valence-corrected chi connectivity index (χ4v) is 2.89. The minimum atomic E-state index is -0.226. The molecule has 0 spiro atoms. The van der Waals surface area contributed by atoms with E-state index in [4.69, 9.17) is 4.74 Å². The van der Waals surface area contributed by atoms with E-state index in [-0.39, 0.29) is 17.9 Å². The SMILES string of the molecule is Cc1ccccc1CC(=O)Nc1cnn(C)c(=O)c1N1CCOCC1. The van der Waals surface area contributed by atoms with Crippen LogP contribution in [-0.2, 0) is 23.0 Å². The molecule has 7 nitrogen and oxygen atoms in total. The number of benzene rings is 1. The van der Waals surface area contributed by atoms with Crippen molar-refractivity contribution in [2.75, 3.05) is 36.5 Å². The first kappa shape index (κ1) is 17.2. The Morgan fingerprint density at radius 1 is 1.28 bits per heavy atom. The predicted octanol–water partition coefficient (Wildman–Crippen LogP) is 1.11. The largest absolute Gasteiger partial charge is 0.378 e. The van der Waals surface area contributed by atoms with Crippen LogP contribution in [0, 0.1) is 6.92 Å². The number of carbonyl (C=O) groups is 1. The van der Waals surface area contributed by atoms with Crippen molar-refractivity contribution in [2.45, 2.75) is 13.3 Å². The first-order valence-corrected chi connectivity index (χ1v) is 8.29. The Bertz CT molecular complexity index is 825. The molecule has 0 aliphatic carbocycles. The average molecular weight is 342 g/mol. The summed E-state index contributed by atoms with van der Waals surface area (Å²) in [6.45, 7) is 4.31. The van der Waals surface area contributed by atoms with E-state index in [1.165, 1.54) is 10.9 Å². The van der Waals surface area contributed by atoms with Gasteiger partial charge in [-0.15, -0.1) is 0 Å². The van der Waals surface area contributed by atoms with Crippen molar-refractivity contribution in [2.24, 2.45) is 7.05 Å². The third-order valence-corrected chi connectivity index (χ3v) is 4.33. The number of anilines is 2. The molecular weight excluding hydrogens is 320 g/mol. The van der Waals surface area contributed by atoms with E-state index >= 15 is 0 Å². The second kappa shape index (κ2) is 7.48. The molecule has 1 aliphatic heterocycles. The molecule has 1 N–H and O–H groups in total. The van der Waals surface area contributed by atoms with Crippen molar-refractivity contribution in [3.8, 4) is 0 Å². The molecule has 0 unspecified atom stereocenters. The van der Waals surface area contributed by atoms with Gasteiger partial charge in [-0.1, -0.05) is 24.3 Å². The Labute approximate surface area is 146 Å². The van der Waals surface area contributed by atoms with Gasteiger partial charge >= 0.3 is 0 Å². The topological polar surface area (TPSA) is 76.5 Å². The molecule has 132 valence electrons. The summed E-state index contributed by atoms with van der Waals surface area (Å²) in [5, 5.41) is 6.90. The second-order valence-electron chi connectivity index (χ2n) is 6.09. The van der Waals surface area contributed by atoms with Gasteiger partial charge in [-0.05, 0) is 18.1 Å². The lowest BCUT2D eigenvalue weighted by Gasteiger charge is -2.29. The zero-order valence-corrected chi connectivity index (χ0v) is 14.5. The minimum Gasteiger partial charge on any atom is -0.378 e. The van der Waals surface area contributed by atoms with E-state index in [1.54, 1.807) is 7.05 Å². The third kappa shape index (κ3) is 3.88. The summed E-state index contributed by atoms with van der Waals surface area (Å²) in [6, 6.07) is 7.76. The van der Waals surface area contributed by atoms with Crippen LogP contribution in [0.4, 0.5) is 11.4 Å². The average Bonchev–Trinajstić information content (AvgIpc) is 2.61. The monoisotopic (exact) mass is 342 g/mol. The Morgan fingerprint density at radius 3 is 2.72 bits per heavy atom. The van der Waals surface area contributed by atoms with Crippen LogP contribution in [0.25, 0.3) is 0 Å². The summed E-state index contributed by atoms with van der Waals surface area (Å²) >= 11 is 0. The van der Waals surface area contributed by atoms with Crippen LogP contribution in [0.15, 0.2) is 35.3 Å². The second-order valence-corrected chi connectivity index (χ2v) is 6.09. The van der Waals surface area contributed by atoms with Crippen molar-refractivity contribution in [3.05, 3.63) is 51.9 Å². The van der Waals surface area contributed by atoms with E-state index < -0.39 is 0 Å². The molecule has 3 rings (SSSR count). The minimum absolute atomic E-state index is 0.168. The molecule has 0 saturated carbocycles. The number of rotatable bonds is 4. The highest BCUT2D eigenvalue weighted by molar-refractivity contribution is 5.95. The van der Waals surface area contributed by atoms with Crippen molar-refractivity contribution in [1.82, 2.24) is 9.78 Å². The summed E-state index contributed by atoms with van der Waals surface area (Å²) in [4.78, 5) is 27.0. The number of nitrogens with zero attached hydrogens (tertiary/aromatic N) is 3. The van der Waals surface area contributed by atoms with Gasteiger partial charge in [-0.2, -0.15) is 5.10 Å². The van der Waals surface area contributed by atoms with E-state index in [2.05, 4.69) is 10.4 Å². The first-order valence-electron chi connectivity index (χ1n) is 8.29. The molecule has 1 amide bonds. The van der Waals surface area contributed by atoms with Gasteiger partial charge in [0, 0.05) is 20.1 Å². The molecule has 1 saturated heterocycles. The van der Waals surface area contributed by atoms with Crippen molar-refractivity contribution in [3.63, 3.8) is 0 Å². The molecule has 2 heterocycles. The number of ether oxygens (including phenoxy) is 1. The van der Waals surface area contributed by atoms with E-state index in [0.717, 1.165) is 11.1 Å². The molecule has 1 fully saturated rings. The summed E-state index contributed by atoms with van der Waals surface area (Å²) in [5.41, 5.74) is 2.72. The maximum atomic E-state index is 12.5. The Kier molecular flexibility index (Phi) is 5.14. The van der Waals surface area contributed by atoms with Crippen molar-refractivity contribution in [1.29, 1.82) is 0 Å². The highest BCUT2D eigenvalue weighted by atomic mass is 16.5. The number of carbonyl (C=O) groups excluding carboxylic acids is 1. The van der Waals surface area contributed by atoms with Crippen LogP contribution in [0.2, 0.25) is 0 Å². The summed E-state index contributed by atoms with van der Waals surface area (Å²) < 4.78 is 6.63. The molecular formula is C18H22N4O3. The zero-order valence-electron chi connectivity index (χ0n) is 14.5. The number of aryl methyl sites for hydroxylation is 2. The first-order chi connectivity index (χ1) is 12.1. The lowest BCUT2D eigenvalue weighted by molar-refractivity contribution is -0.115. The maximum Gasteiger partial charge on any atom is 0.292 e. The normalized spacial score (nSPS) is 14.4. The zero-order chi connectivity index (χ0) is 17.8. The molecule has 0 bridgehead atoms. The Balaban J connectivity index is 1.84. The molecule has 25 heavy (non-hydrogen) atoms. The quantitative estimate of drug-likeness (QED) is 0.901. The molecule has 0 radical (unpaired) electrons. The van der Waals surface area contributed by atoms with Gasteiger partial charge in [0.2, 0.25) is 5.91 Å². The fourth-order valence-electron chi connectivity index (χ4n) is 2.89. The number of hydrogen-bond donors (Lipinski definition) is 1. The molecule has 0 atom stereocenters.